The molecule has 0 radical (unpaired) electrons. The summed E-state index contributed by atoms with van der Waals surface area (Å²) in [6.45, 7) is 15.8. The third-order valence-electron chi connectivity index (χ3n) is 8.57. The fourth-order valence-electron chi connectivity index (χ4n) is 5.93. The van der Waals surface area contributed by atoms with Gasteiger partial charge in [-0.1, -0.05) is 12.1 Å². The molecule has 2 aliphatic heterocycles. The summed E-state index contributed by atoms with van der Waals surface area (Å²) >= 11 is 0. The second-order valence-corrected chi connectivity index (χ2v) is 18.8. The lowest BCUT2D eigenvalue weighted by molar-refractivity contribution is 0.662. The minimum absolute atomic E-state index is 0.894. The molecule has 0 nitrogen and oxygen atoms in total. The van der Waals surface area contributed by atoms with Crippen molar-refractivity contribution in [3.05, 3.63) is 24.3 Å². The van der Waals surface area contributed by atoms with Crippen LogP contribution in [0.1, 0.15) is 79.1 Å². The molecule has 2 fully saturated rings. The fraction of sp³-hybridized carbons (Fsp3) is 0.750. The third-order valence-corrected chi connectivity index (χ3v) is 20.0. The second-order valence-electron chi connectivity index (χ2n) is 9.75. The van der Waals surface area contributed by atoms with E-state index in [0.29, 0.717) is 0 Å². The zero-order valence-electron chi connectivity index (χ0n) is 18.2. The summed E-state index contributed by atoms with van der Waals surface area (Å²) in [6.07, 6.45) is 11.6. The van der Waals surface area contributed by atoms with E-state index >= 15 is 0 Å². The van der Waals surface area contributed by atoms with Crippen molar-refractivity contribution in [2.75, 3.05) is 13.3 Å². The first-order chi connectivity index (χ1) is 12.3. The summed E-state index contributed by atoms with van der Waals surface area (Å²) in [6, 6.07) is 9.87. The zero-order valence-corrected chi connectivity index (χ0v) is 20.0. The van der Waals surface area contributed by atoms with Crippen LogP contribution in [-0.2, 0) is 0 Å². The van der Waals surface area contributed by atoms with Crippen LogP contribution in [0.5, 0.6) is 0 Å². The van der Waals surface area contributed by atoms with E-state index in [2.05, 4.69) is 65.3 Å². The van der Waals surface area contributed by atoms with Gasteiger partial charge in [0.05, 0.1) is 50.5 Å². The van der Waals surface area contributed by atoms with Crippen LogP contribution in [0.4, 0.5) is 0 Å². The van der Waals surface area contributed by atoms with Gasteiger partial charge in [0.15, 0.2) is 0 Å². The van der Waals surface area contributed by atoms with E-state index in [1.165, 1.54) is 51.4 Å². The number of hydrogen-bond donors (Lipinski definition) is 0. The molecule has 0 aliphatic carbocycles. The van der Waals surface area contributed by atoms with Gasteiger partial charge in [0.2, 0.25) is 0 Å². The largest absolute Gasteiger partial charge is 0.136 e. The molecule has 0 amide bonds. The van der Waals surface area contributed by atoms with Crippen LogP contribution in [0.3, 0.4) is 0 Å². The summed E-state index contributed by atoms with van der Waals surface area (Å²) in [4.78, 5) is 0. The minimum Gasteiger partial charge on any atom is -0.0581 e. The first-order valence-corrected chi connectivity index (χ1v) is 15.9. The lowest BCUT2D eigenvalue weighted by atomic mass is 10.1. The topological polar surface area (TPSA) is 0 Å². The maximum atomic E-state index is 2.73. The number of hydrogen-bond acceptors (Lipinski definition) is 0. The normalized spacial score (nSPS) is 42.1. The van der Waals surface area contributed by atoms with Gasteiger partial charge < -0.3 is 0 Å². The standard InChI is InChI=1S/C24H42P2/c1-19-13-7-8-14-20(2)25(19,5)23-17-11-12-18-24(23)26(6)21(3)15-9-10-16-22(26)4/h11-12,17-22H,7-10,13-16H2,1-6H3/q+2/t19-,20+,21-,22+,25?,26?. The minimum atomic E-state index is -1.13. The molecule has 6 atom stereocenters. The van der Waals surface area contributed by atoms with Gasteiger partial charge in [-0.05, 0) is 91.2 Å². The van der Waals surface area contributed by atoms with Gasteiger partial charge in [-0.2, -0.15) is 0 Å². The summed E-state index contributed by atoms with van der Waals surface area (Å²) < 4.78 is 0. The summed E-state index contributed by atoms with van der Waals surface area (Å²) in [7, 11) is -2.26. The van der Waals surface area contributed by atoms with E-state index in [0.717, 1.165) is 22.6 Å². The number of benzene rings is 1. The molecule has 0 bridgehead atoms. The third kappa shape index (κ3) is 3.44. The summed E-state index contributed by atoms with van der Waals surface area (Å²) in [5.41, 5.74) is 3.58. The molecule has 2 aliphatic rings. The van der Waals surface area contributed by atoms with Gasteiger partial charge in [-0.25, -0.2) is 0 Å². The maximum Gasteiger partial charge on any atom is 0.136 e. The molecule has 1 aromatic carbocycles. The SMILES string of the molecule is C[C@@H]1CCCC[C@H](C)[P+]1(C)c1ccccc1[P+]1(C)[C@H](C)CCCC[C@@H]1C. The lowest BCUT2D eigenvalue weighted by Crippen LogP contribution is -2.40. The first kappa shape index (κ1) is 20.8. The highest BCUT2D eigenvalue weighted by molar-refractivity contribution is 7.89. The van der Waals surface area contributed by atoms with Crippen LogP contribution in [0.2, 0.25) is 0 Å². The van der Waals surface area contributed by atoms with Crippen LogP contribution >= 0.6 is 14.5 Å². The van der Waals surface area contributed by atoms with E-state index in [1.807, 2.05) is 10.6 Å². The predicted molar refractivity (Wildman–Crippen MR) is 126 cm³/mol. The Morgan fingerprint density at radius 2 is 0.846 bits per heavy atom. The van der Waals surface area contributed by atoms with Gasteiger partial charge in [0.1, 0.15) is 10.6 Å². The molecule has 3 rings (SSSR count). The molecule has 0 saturated carbocycles. The molecule has 2 saturated heterocycles. The second kappa shape index (κ2) is 8.21. The van der Waals surface area contributed by atoms with Crippen molar-refractivity contribution < 1.29 is 0 Å². The highest BCUT2D eigenvalue weighted by Crippen LogP contribution is 2.71. The van der Waals surface area contributed by atoms with Gasteiger partial charge in [-0.3, -0.25) is 0 Å². The molecule has 26 heavy (non-hydrogen) atoms. The first-order valence-electron chi connectivity index (χ1n) is 11.1. The van der Waals surface area contributed by atoms with Crippen molar-refractivity contribution in [3.63, 3.8) is 0 Å². The van der Waals surface area contributed by atoms with E-state index in [-0.39, 0.29) is 0 Å². The quantitative estimate of drug-likeness (QED) is 0.479. The number of rotatable bonds is 2. The van der Waals surface area contributed by atoms with Crippen LogP contribution in [0, 0.1) is 0 Å². The Morgan fingerprint density at radius 3 is 1.12 bits per heavy atom. The molecule has 146 valence electrons. The summed E-state index contributed by atoms with van der Waals surface area (Å²) in [5, 5.41) is 3.69. The van der Waals surface area contributed by atoms with Crippen LogP contribution < -0.4 is 10.6 Å². The van der Waals surface area contributed by atoms with Gasteiger partial charge in [0, 0.05) is 0 Å². The van der Waals surface area contributed by atoms with E-state index in [4.69, 9.17) is 0 Å². The average Bonchev–Trinajstić information content (AvgIpc) is 2.85. The van der Waals surface area contributed by atoms with Crippen LogP contribution in [0.25, 0.3) is 0 Å². The van der Waals surface area contributed by atoms with E-state index in [9.17, 15) is 0 Å². The average molecular weight is 393 g/mol. The van der Waals surface area contributed by atoms with Crippen molar-refractivity contribution >= 4 is 25.1 Å². The Hall–Kier alpha value is 0.0800. The monoisotopic (exact) mass is 392 g/mol. The van der Waals surface area contributed by atoms with Gasteiger partial charge in [0.25, 0.3) is 0 Å². The zero-order chi connectivity index (χ0) is 18.9. The predicted octanol–water partition coefficient (Wildman–Crippen LogP) is 6.93. The van der Waals surface area contributed by atoms with E-state index in [1.54, 1.807) is 0 Å². The highest BCUT2D eigenvalue weighted by Gasteiger charge is 2.55. The van der Waals surface area contributed by atoms with Crippen LogP contribution in [0.15, 0.2) is 24.3 Å². The molecule has 0 N–H and O–H groups in total. The molecular formula is C24H42P2+2. The van der Waals surface area contributed by atoms with Crippen molar-refractivity contribution in [2.24, 2.45) is 0 Å². The Bertz CT molecular complexity index is 531. The fourth-order valence-corrected chi connectivity index (χ4v) is 15.7. The molecule has 1 aromatic rings. The van der Waals surface area contributed by atoms with Gasteiger partial charge in [-0.15, -0.1) is 0 Å². The van der Waals surface area contributed by atoms with Crippen molar-refractivity contribution in [1.82, 2.24) is 0 Å². The van der Waals surface area contributed by atoms with Crippen molar-refractivity contribution in [1.29, 1.82) is 0 Å². The van der Waals surface area contributed by atoms with Crippen LogP contribution in [-0.4, -0.2) is 36.0 Å². The Labute approximate surface area is 164 Å². The molecule has 0 spiro atoms. The molecule has 0 aromatic heterocycles. The molecule has 2 heteroatoms. The maximum absolute atomic E-state index is 2.73. The van der Waals surface area contributed by atoms with E-state index < -0.39 is 14.5 Å². The van der Waals surface area contributed by atoms with Crippen molar-refractivity contribution in [3.8, 4) is 0 Å². The lowest BCUT2D eigenvalue weighted by Gasteiger charge is -2.38. The van der Waals surface area contributed by atoms with Crippen molar-refractivity contribution in [2.45, 2.75) is 102 Å². The van der Waals surface area contributed by atoms with Gasteiger partial charge >= 0.3 is 0 Å². The molecular weight excluding hydrogens is 350 g/mol. The Balaban J connectivity index is 2.16. The summed E-state index contributed by atoms with van der Waals surface area (Å²) in [5.74, 6) is 0. The molecule has 2 heterocycles. The highest BCUT2D eigenvalue weighted by atomic mass is 31.2. The molecule has 2 unspecified atom stereocenters. The Kier molecular flexibility index (Phi) is 6.57. The smallest absolute Gasteiger partial charge is 0.0581 e. The Morgan fingerprint density at radius 1 is 0.577 bits per heavy atom.